The number of hydrogen-bond donors (Lipinski definition) is 1. The summed E-state index contributed by atoms with van der Waals surface area (Å²) in [4.78, 5) is 0.960. The third kappa shape index (κ3) is 3.08. The van der Waals surface area contributed by atoms with Crippen molar-refractivity contribution in [2.75, 3.05) is 14.2 Å². The summed E-state index contributed by atoms with van der Waals surface area (Å²) in [6, 6.07) is 9.61. The van der Waals surface area contributed by atoms with Gasteiger partial charge in [-0.1, -0.05) is 12.1 Å². The van der Waals surface area contributed by atoms with Crippen LogP contribution in [0.15, 0.2) is 35.7 Å². The molecule has 1 unspecified atom stereocenters. The maximum Gasteiger partial charge on any atom is 0.160 e. The second-order valence-corrected chi connectivity index (χ2v) is 5.56. The lowest BCUT2D eigenvalue weighted by Gasteiger charge is -2.22. The van der Waals surface area contributed by atoms with Crippen LogP contribution in [0.3, 0.4) is 0 Å². The third-order valence-corrected chi connectivity index (χ3v) is 4.17. The van der Waals surface area contributed by atoms with Crippen LogP contribution in [0, 0.1) is 0 Å². The molecule has 0 aliphatic rings. The smallest absolute Gasteiger partial charge is 0.160 e. The lowest BCUT2D eigenvalue weighted by Crippen LogP contribution is -2.22. The van der Waals surface area contributed by atoms with E-state index < -0.39 is 5.60 Å². The molecule has 0 aliphatic heterocycles. The Morgan fingerprint density at radius 1 is 1.16 bits per heavy atom. The number of rotatable bonds is 5. The quantitative estimate of drug-likeness (QED) is 0.912. The molecule has 0 radical (unpaired) electrons. The summed E-state index contributed by atoms with van der Waals surface area (Å²) in [5.41, 5.74) is 0.143. The molecular formula is C15H18O3S. The molecule has 0 saturated carbocycles. The standard InChI is InChI=1S/C15H18O3S/c1-15(16,14-5-4-8-19-14)10-11-6-7-12(17-2)13(9-11)18-3/h4-9,16H,10H2,1-3H3. The average Bonchev–Trinajstić information content (AvgIpc) is 2.93. The molecular weight excluding hydrogens is 260 g/mol. The normalized spacial score (nSPS) is 13.9. The Hall–Kier alpha value is -1.52. The Morgan fingerprint density at radius 2 is 1.89 bits per heavy atom. The molecule has 1 aromatic heterocycles. The Bertz CT molecular complexity index is 532. The fraction of sp³-hybridized carbons (Fsp3) is 0.333. The summed E-state index contributed by atoms with van der Waals surface area (Å²) in [7, 11) is 3.22. The molecule has 0 spiro atoms. The molecule has 1 heterocycles. The van der Waals surface area contributed by atoms with Crippen molar-refractivity contribution in [3.8, 4) is 11.5 Å². The monoisotopic (exact) mass is 278 g/mol. The van der Waals surface area contributed by atoms with Crippen LogP contribution in [-0.2, 0) is 12.0 Å². The first-order chi connectivity index (χ1) is 9.06. The van der Waals surface area contributed by atoms with Crippen molar-refractivity contribution in [2.45, 2.75) is 18.9 Å². The summed E-state index contributed by atoms with van der Waals surface area (Å²) < 4.78 is 10.5. The van der Waals surface area contributed by atoms with E-state index in [1.54, 1.807) is 25.6 Å². The highest BCUT2D eigenvalue weighted by molar-refractivity contribution is 7.10. The molecule has 1 aromatic carbocycles. The Morgan fingerprint density at radius 3 is 2.47 bits per heavy atom. The van der Waals surface area contributed by atoms with Crippen molar-refractivity contribution in [3.63, 3.8) is 0 Å². The number of thiophene rings is 1. The minimum absolute atomic E-state index is 0.536. The van der Waals surface area contributed by atoms with Crippen LogP contribution in [0.1, 0.15) is 17.4 Å². The lowest BCUT2D eigenvalue weighted by molar-refractivity contribution is 0.0614. The van der Waals surface area contributed by atoms with Gasteiger partial charge in [0.25, 0.3) is 0 Å². The fourth-order valence-corrected chi connectivity index (χ4v) is 2.85. The number of hydrogen-bond acceptors (Lipinski definition) is 4. The number of methoxy groups -OCH3 is 2. The molecule has 4 heteroatoms. The van der Waals surface area contributed by atoms with Crippen LogP contribution in [0.25, 0.3) is 0 Å². The van der Waals surface area contributed by atoms with Gasteiger partial charge in [0.1, 0.15) is 0 Å². The molecule has 2 aromatic rings. The number of aliphatic hydroxyl groups is 1. The van der Waals surface area contributed by atoms with Gasteiger partial charge in [0, 0.05) is 11.3 Å². The average molecular weight is 278 g/mol. The molecule has 0 aliphatic carbocycles. The van der Waals surface area contributed by atoms with Crippen LogP contribution in [-0.4, -0.2) is 19.3 Å². The lowest BCUT2D eigenvalue weighted by atomic mass is 9.95. The largest absolute Gasteiger partial charge is 0.493 e. The van der Waals surface area contributed by atoms with Gasteiger partial charge in [-0.25, -0.2) is 0 Å². The molecule has 1 N–H and O–H groups in total. The maximum absolute atomic E-state index is 10.6. The third-order valence-electron chi connectivity index (χ3n) is 3.05. The van der Waals surface area contributed by atoms with E-state index in [0.29, 0.717) is 17.9 Å². The SMILES string of the molecule is COc1ccc(CC(C)(O)c2cccs2)cc1OC. The molecule has 3 nitrogen and oxygen atoms in total. The molecule has 19 heavy (non-hydrogen) atoms. The predicted octanol–water partition coefficient (Wildman–Crippen LogP) is 3.22. The van der Waals surface area contributed by atoms with Crippen LogP contribution in [0.2, 0.25) is 0 Å². The Balaban J connectivity index is 2.24. The van der Waals surface area contributed by atoms with E-state index >= 15 is 0 Å². The van der Waals surface area contributed by atoms with Crippen molar-refractivity contribution in [1.29, 1.82) is 0 Å². The van der Waals surface area contributed by atoms with E-state index in [1.807, 2.05) is 42.6 Å². The van der Waals surface area contributed by atoms with E-state index in [2.05, 4.69) is 0 Å². The first-order valence-electron chi connectivity index (χ1n) is 6.04. The molecule has 0 saturated heterocycles. The highest BCUT2D eigenvalue weighted by Gasteiger charge is 2.25. The van der Waals surface area contributed by atoms with E-state index in [4.69, 9.17) is 9.47 Å². The van der Waals surface area contributed by atoms with Gasteiger partial charge in [-0.3, -0.25) is 0 Å². The zero-order valence-corrected chi connectivity index (χ0v) is 12.2. The van der Waals surface area contributed by atoms with Gasteiger partial charge in [0.05, 0.1) is 19.8 Å². The molecule has 102 valence electrons. The molecule has 0 amide bonds. The number of ether oxygens (including phenoxy) is 2. The summed E-state index contributed by atoms with van der Waals surface area (Å²) in [5.74, 6) is 1.38. The highest BCUT2D eigenvalue weighted by atomic mass is 32.1. The number of benzene rings is 1. The first kappa shape index (κ1) is 13.9. The van der Waals surface area contributed by atoms with Gasteiger partial charge in [-0.2, -0.15) is 0 Å². The van der Waals surface area contributed by atoms with Gasteiger partial charge in [-0.15, -0.1) is 11.3 Å². The van der Waals surface area contributed by atoms with E-state index in [0.717, 1.165) is 10.4 Å². The summed E-state index contributed by atoms with van der Waals surface area (Å²) in [6.07, 6.45) is 0.536. The van der Waals surface area contributed by atoms with Crippen LogP contribution < -0.4 is 9.47 Å². The molecule has 0 fully saturated rings. The summed E-state index contributed by atoms with van der Waals surface area (Å²) in [5, 5.41) is 12.5. The van der Waals surface area contributed by atoms with Crippen molar-refractivity contribution in [1.82, 2.24) is 0 Å². The summed E-state index contributed by atoms with van der Waals surface area (Å²) in [6.45, 7) is 1.83. The maximum atomic E-state index is 10.6. The molecule has 1 atom stereocenters. The topological polar surface area (TPSA) is 38.7 Å². The van der Waals surface area contributed by atoms with Crippen LogP contribution in [0.4, 0.5) is 0 Å². The Kier molecular flexibility index (Phi) is 4.12. The van der Waals surface area contributed by atoms with Gasteiger partial charge < -0.3 is 14.6 Å². The van der Waals surface area contributed by atoms with Crippen LogP contribution >= 0.6 is 11.3 Å². The second kappa shape index (κ2) is 5.63. The second-order valence-electron chi connectivity index (χ2n) is 4.62. The van der Waals surface area contributed by atoms with Gasteiger partial charge in [-0.05, 0) is 36.1 Å². The van der Waals surface area contributed by atoms with Gasteiger partial charge >= 0.3 is 0 Å². The van der Waals surface area contributed by atoms with E-state index in [1.165, 1.54) is 0 Å². The fourth-order valence-electron chi connectivity index (χ4n) is 2.06. The van der Waals surface area contributed by atoms with Crippen molar-refractivity contribution in [2.24, 2.45) is 0 Å². The van der Waals surface area contributed by atoms with Crippen molar-refractivity contribution >= 4 is 11.3 Å². The Labute approximate surface area is 117 Å². The minimum Gasteiger partial charge on any atom is -0.493 e. The highest BCUT2D eigenvalue weighted by Crippen LogP contribution is 2.33. The van der Waals surface area contributed by atoms with E-state index in [9.17, 15) is 5.11 Å². The zero-order chi connectivity index (χ0) is 13.9. The van der Waals surface area contributed by atoms with Crippen molar-refractivity contribution in [3.05, 3.63) is 46.2 Å². The zero-order valence-electron chi connectivity index (χ0n) is 11.3. The van der Waals surface area contributed by atoms with Crippen LogP contribution in [0.5, 0.6) is 11.5 Å². The van der Waals surface area contributed by atoms with E-state index in [-0.39, 0.29) is 0 Å². The minimum atomic E-state index is -0.867. The van der Waals surface area contributed by atoms with Crippen molar-refractivity contribution < 1.29 is 14.6 Å². The van der Waals surface area contributed by atoms with Gasteiger partial charge in [0.15, 0.2) is 11.5 Å². The molecule has 0 bridgehead atoms. The van der Waals surface area contributed by atoms with Gasteiger partial charge in [0.2, 0.25) is 0 Å². The first-order valence-corrected chi connectivity index (χ1v) is 6.92. The molecule has 2 rings (SSSR count). The predicted molar refractivity (Wildman–Crippen MR) is 77.1 cm³/mol. The summed E-state index contributed by atoms with van der Waals surface area (Å²) >= 11 is 1.56.